The summed E-state index contributed by atoms with van der Waals surface area (Å²) in [4.78, 5) is 0. The van der Waals surface area contributed by atoms with Crippen LogP contribution in [-0.4, -0.2) is 17.5 Å². The van der Waals surface area contributed by atoms with Crippen LogP contribution >= 0.6 is 0 Å². The zero-order valence-corrected chi connectivity index (χ0v) is 6.05. The third-order valence-electron chi connectivity index (χ3n) is 1.93. The molecule has 0 aromatic heterocycles. The normalized spacial score (nSPS) is 36.0. The topological polar surface area (TPSA) is 29.5 Å². The highest BCUT2D eigenvalue weighted by Crippen LogP contribution is 2.29. The maximum Gasteiger partial charge on any atom is 0.167 e. The fourth-order valence-electron chi connectivity index (χ4n) is 1.10. The standard InChI is InChI=1S/C7H14O2/c1-6(2)7(8)4-3-5-9-7/h6,8H,3-5H2,1-2H3. The smallest absolute Gasteiger partial charge is 0.167 e. The van der Waals surface area contributed by atoms with Gasteiger partial charge in [-0.2, -0.15) is 0 Å². The molecular formula is C7H14O2. The molecule has 1 aliphatic rings. The van der Waals surface area contributed by atoms with Crippen LogP contribution in [0.4, 0.5) is 0 Å². The molecule has 2 nitrogen and oxygen atoms in total. The average molecular weight is 130 g/mol. The van der Waals surface area contributed by atoms with Crippen molar-refractivity contribution in [2.75, 3.05) is 6.61 Å². The first kappa shape index (κ1) is 7.03. The zero-order valence-electron chi connectivity index (χ0n) is 6.05. The lowest BCUT2D eigenvalue weighted by molar-refractivity contribution is -0.199. The van der Waals surface area contributed by atoms with Crippen molar-refractivity contribution in [3.05, 3.63) is 0 Å². The lowest BCUT2D eigenvalue weighted by Gasteiger charge is -2.25. The first-order valence-corrected chi connectivity index (χ1v) is 3.51. The van der Waals surface area contributed by atoms with E-state index in [1.54, 1.807) is 0 Å². The van der Waals surface area contributed by atoms with Crippen LogP contribution in [-0.2, 0) is 4.74 Å². The van der Waals surface area contributed by atoms with Crippen molar-refractivity contribution in [1.82, 2.24) is 0 Å². The van der Waals surface area contributed by atoms with Crippen LogP contribution in [0.2, 0.25) is 0 Å². The van der Waals surface area contributed by atoms with E-state index in [2.05, 4.69) is 0 Å². The second-order valence-electron chi connectivity index (χ2n) is 2.95. The molecule has 0 saturated carbocycles. The highest BCUT2D eigenvalue weighted by atomic mass is 16.6. The monoisotopic (exact) mass is 130 g/mol. The molecule has 1 N–H and O–H groups in total. The number of hydrogen-bond donors (Lipinski definition) is 1. The van der Waals surface area contributed by atoms with Gasteiger partial charge in [0.1, 0.15) is 0 Å². The molecule has 0 amide bonds. The second kappa shape index (κ2) is 2.27. The quantitative estimate of drug-likeness (QED) is 0.576. The molecule has 9 heavy (non-hydrogen) atoms. The Labute approximate surface area is 55.8 Å². The second-order valence-corrected chi connectivity index (χ2v) is 2.95. The average Bonchev–Trinajstić information content (AvgIpc) is 2.16. The molecule has 0 spiro atoms. The first-order chi connectivity index (χ1) is 4.15. The molecule has 54 valence electrons. The van der Waals surface area contributed by atoms with E-state index in [9.17, 15) is 5.11 Å². The van der Waals surface area contributed by atoms with Gasteiger partial charge in [-0.05, 0) is 6.42 Å². The fraction of sp³-hybridized carbons (Fsp3) is 1.00. The van der Waals surface area contributed by atoms with Crippen LogP contribution in [0, 0.1) is 5.92 Å². The van der Waals surface area contributed by atoms with Gasteiger partial charge in [-0.3, -0.25) is 0 Å². The predicted molar refractivity (Wildman–Crippen MR) is 35.0 cm³/mol. The number of ether oxygens (including phenoxy) is 1. The van der Waals surface area contributed by atoms with Gasteiger partial charge >= 0.3 is 0 Å². The van der Waals surface area contributed by atoms with Crippen molar-refractivity contribution in [3.63, 3.8) is 0 Å². The molecule has 0 radical (unpaired) electrons. The van der Waals surface area contributed by atoms with Gasteiger partial charge in [0.05, 0.1) is 6.61 Å². The van der Waals surface area contributed by atoms with Crippen molar-refractivity contribution in [3.8, 4) is 0 Å². The molecular weight excluding hydrogens is 116 g/mol. The number of rotatable bonds is 1. The Morgan fingerprint density at radius 3 is 2.44 bits per heavy atom. The lowest BCUT2D eigenvalue weighted by Crippen LogP contribution is -2.33. The van der Waals surface area contributed by atoms with E-state index in [1.165, 1.54) is 0 Å². The Bertz CT molecular complexity index is 93.1. The maximum absolute atomic E-state index is 9.55. The summed E-state index contributed by atoms with van der Waals surface area (Å²) in [5, 5.41) is 9.55. The van der Waals surface area contributed by atoms with Gasteiger partial charge in [-0.15, -0.1) is 0 Å². The minimum absolute atomic E-state index is 0.222. The predicted octanol–water partition coefficient (Wildman–Crippen LogP) is 1.14. The highest BCUT2D eigenvalue weighted by Gasteiger charge is 2.35. The van der Waals surface area contributed by atoms with Crippen LogP contribution in [0.1, 0.15) is 26.7 Å². The van der Waals surface area contributed by atoms with Crippen LogP contribution in [0.5, 0.6) is 0 Å². The highest BCUT2D eigenvalue weighted by molar-refractivity contribution is 4.75. The Morgan fingerprint density at radius 2 is 2.22 bits per heavy atom. The van der Waals surface area contributed by atoms with Gasteiger partial charge in [0.15, 0.2) is 5.79 Å². The van der Waals surface area contributed by atoms with Crippen LogP contribution in [0.3, 0.4) is 0 Å². The zero-order chi connectivity index (χ0) is 6.91. The van der Waals surface area contributed by atoms with E-state index in [1.807, 2.05) is 13.8 Å². The van der Waals surface area contributed by atoms with Gasteiger partial charge in [0, 0.05) is 12.3 Å². The van der Waals surface area contributed by atoms with Crippen LogP contribution < -0.4 is 0 Å². The van der Waals surface area contributed by atoms with E-state index in [4.69, 9.17) is 4.74 Å². The summed E-state index contributed by atoms with van der Waals surface area (Å²) in [6, 6.07) is 0. The van der Waals surface area contributed by atoms with Gasteiger partial charge in [-0.1, -0.05) is 13.8 Å². The van der Waals surface area contributed by atoms with Crippen LogP contribution in [0.25, 0.3) is 0 Å². The molecule has 1 saturated heterocycles. The van der Waals surface area contributed by atoms with Crippen molar-refractivity contribution in [2.24, 2.45) is 5.92 Å². The summed E-state index contributed by atoms with van der Waals surface area (Å²) in [7, 11) is 0. The van der Waals surface area contributed by atoms with Crippen LogP contribution in [0.15, 0.2) is 0 Å². The molecule has 0 aromatic rings. The van der Waals surface area contributed by atoms with Gasteiger partial charge in [-0.25, -0.2) is 0 Å². The van der Waals surface area contributed by atoms with Gasteiger partial charge < -0.3 is 9.84 Å². The molecule has 1 aliphatic heterocycles. The van der Waals surface area contributed by atoms with Crippen molar-refractivity contribution in [1.29, 1.82) is 0 Å². The van der Waals surface area contributed by atoms with E-state index in [-0.39, 0.29) is 5.92 Å². The Kier molecular flexibility index (Phi) is 1.78. The molecule has 1 atom stereocenters. The SMILES string of the molecule is CC(C)C1(O)CCCO1. The van der Waals surface area contributed by atoms with E-state index in [0.29, 0.717) is 6.61 Å². The van der Waals surface area contributed by atoms with E-state index < -0.39 is 5.79 Å². The minimum atomic E-state index is -0.806. The third-order valence-corrected chi connectivity index (χ3v) is 1.93. The summed E-state index contributed by atoms with van der Waals surface area (Å²) in [6.45, 7) is 4.67. The van der Waals surface area contributed by atoms with E-state index >= 15 is 0 Å². The van der Waals surface area contributed by atoms with Gasteiger partial charge in [0.25, 0.3) is 0 Å². The molecule has 0 aliphatic carbocycles. The molecule has 1 rings (SSSR count). The summed E-state index contributed by atoms with van der Waals surface area (Å²) in [6.07, 6.45) is 1.79. The summed E-state index contributed by atoms with van der Waals surface area (Å²) >= 11 is 0. The molecule has 0 bridgehead atoms. The molecule has 1 unspecified atom stereocenters. The van der Waals surface area contributed by atoms with Crippen molar-refractivity contribution >= 4 is 0 Å². The largest absolute Gasteiger partial charge is 0.365 e. The maximum atomic E-state index is 9.55. The third kappa shape index (κ3) is 1.25. The molecule has 2 heteroatoms. The molecule has 1 heterocycles. The summed E-state index contributed by atoms with van der Waals surface area (Å²) in [5.41, 5.74) is 0. The number of aliphatic hydroxyl groups is 1. The summed E-state index contributed by atoms with van der Waals surface area (Å²) < 4.78 is 5.16. The molecule has 1 fully saturated rings. The Balaban J connectivity index is 2.51. The summed E-state index contributed by atoms with van der Waals surface area (Å²) in [5.74, 6) is -0.583. The first-order valence-electron chi connectivity index (χ1n) is 3.51. The molecule has 0 aromatic carbocycles. The Hall–Kier alpha value is -0.0800. The lowest BCUT2D eigenvalue weighted by atomic mass is 10.0. The van der Waals surface area contributed by atoms with E-state index in [0.717, 1.165) is 12.8 Å². The number of hydrogen-bond acceptors (Lipinski definition) is 2. The minimum Gasteiger partial charge on any atom is -0.365 e. The Morgan fingerprint density at radius 1 is 1.56 bits per heavy atom. The van der Waals surface area contributed by atoms with Gasteiger partial charge in [0.2, 0.25) is 0 Å². The fourth-order valence-corrected chi connectivity index (χ4v) is 1.10. The van der Waals surface area contributed by atoms with Crippen molar-refractivity contribution in [2.45, 2.75) is 32.5 Å². The van der Waals surface area contributed by atoms with Crippen molar-refractivity contribution < 1.29 is 9.84 Å².